The Bertz CT molecular complexity index is 2410. The summed E-state index contributed by atoms with van der Waals surface area (Å²) in [6, 6.07) is 8.26. The van der Waals surface area contributed by atoms with Gasteiger partial charge < -0.3 is 48.6 Å². The smallest absolute Gasteiger partial charge is 0.412 e. The molecule has 1 unspecified atom stereocenters. The van der Waals surface area contributed by atoms with Gasteiger partial charge in [-0.05, 0) is 94.7 Å². The van der Waals surface area contributed by atoms with E-state index in [9.17, 15) is 39.8 Å². The van der Waals surface area contributed by atoms with Crippen molar-refractivity contribution in [1.82, 2.24) is 14.8 Å². The van der Waals surface area contributed by atoms with E-state index in [1.807, 2.05) is 0 Å². The van der Waals surface area contributed by atoms with Crippen molar-refractivity contribution >= 4 is 56.7 Å². The number of rotatable bonds is 23. The van der Waals surface area contributed by atoms with Gasteiger partial charge >= 0.3 is 12.2 Å². The van der Waals surface area contributed by atoms with Gasteiger partial charge in [-0.25, -0.2) is 14.6 Å². The minimum Gasteiger partial charge on any atom is -0.493 e. The first kappa shape index (κ1) is 54.6. The fourth-order valence-corrected chi connectivity index (χ4v) is 11.0. The molecular formula is C49H64N6O14S2. The fraction of sp³-hybridized carbons (Fsp3) is 0.510. The lowest BCUT2D eigenvalue weighted by molar-refractivity contribution is -0.385. The molecule has 5 N–H and O–H groups in total. The molecule has 2 aliphatic heterocycles. The number of hydrogen-bond donors (Lipinski definition) is 5. The van der Waals surface area contributed by atoms with Crippen LogP contribution in [0, 0.1) is 10.1 Å². The number of aromatic nitrogens is 1. The van der Waals surface area contributed by atoms with Crippen LogP contribution < -0.4 is 29.6 Å². The molecule has 2 saturated heterocycles. The van der Waals surface area contributed by atoms with Crippen molar-refractivity contribution < 1.29 is 63.0 Å². The summed E-state index contributed by atoms with van der Waals surface area (Å²) in [6.45, 7) is 13.9. The predicted octanol–water partition coefficient (Wildman–Crippen LogP) is 8.27. The number of ether oxygens (including phenoxy) is 6. The van der Waals surface area contributed by atoms with Crippen LogP contribution in [0.4, 0.5) is 26.7 Å². The summed E-state index contributed by atoms with van der Waals surface area (Å²) < 4.78 is 34.5. The zero-order chi connectivity index (χ0) is 51.5. The molecule has 3 aromatic rings. The van der Waals surface area contributed by atoms with Crippen molar-refractivity contribution in [2.75, 3.05) is 71.0 Å². The van der Waals surface area contributed by atoms with E-state index in [-0.39, 0.29) is 79.7 Å². The van der Waals surface area contributed by atoms with Gasteiger partial charge in [-0.3, -0.25) is 30.4 Å². The highest BCUT2D eigenvalue weighted by Gasteiger charge is 2.41. The normalized spacial score (nSPS) is 18.1. The SMILES string of the molecule is C=C1C[C@@H](CO)N(C(=O)c2cc(OC)c(OCCCCCOc3cc(NC(=O)OC(C)(C)C)c(C(O)N4CC(=C)C[C@H]4CO)cc3OC)cc2NC(=O)OCC2(SSc3ccc([N+](=O)[O-])cn3)CCC2)C1. The van der Waals surface area contributed by atoms with Crippen LogP contribution in [-0.4, -0.2) is 136 Å². The van der Waals surface area contributed by atoms with E-state index < -0.39 is 45.6 Å². The number of methoxy groups -OCH3 is 2. The van der Waals surface area contributed by atoms with Crippen molar-refractivity contribution in [3.63, 3.8) is 0 Å². The lowest BCUT2D eigenvalue weighted by Gasteiger charge is -2.39. The average Bonchev–Trinajstić information content (AvgIpc) is 3.91. The number of pyridine rings is 1. The molecular weight excluding hydrogens is 961 g/mol. The van der Waals surface area contributed by atoms with Crippen molar-refractivity contribution in [2.45, 2.75) is 106 Å². The first-order chi connectivity index (χ1) is 33.9. The van der Waals surface area contributed by atoms with Gasteiger partial charge in [-0.2, -0.15) is 0 Å². The number of carbonyl (C=O) groups is 3. The maximum absolute atomic E-state index is 14.1. The molecule has 3 amide bonds. The highest BCUT2D eigenvalue weighted by atomic mass is 33.1. The molecule has 3 atom stereocenters. The highest BCUT2D eigenvalue weighted by Crippen LogP contribution is 2.52. The molecule has 20 nitrogen and oxygen atoms in total. The second-order valence-corrected chi connectivity index (χ2v) is 21.2. The first-order valence-electron chi connectivity index (χ1n) is 23.3. The van der Waals surface area contributed by atoms with Crippen molar-refractivity contribution in [3.05, 3.63) is 88.1 Å². The summed E-state index contributed by atoms with van der Waals surface area (Å²) in [6.07, 6.45) is 3.66. The number of likely N-dealkylation sites (tertiary alicyclic amines) is 2. The zero-order valence-electron chi connectivity index (χ0n) is 40.7. The van der Waals surface area contributed by atoms with Crippen molar-refractivity contribution in [3.8, 4) is 23.0 Å². The van der Waals surface area contributed by atoms with Crippen molar-refractivity contribution in [2.24, 2.45) is 0 Å². The number of benzene rings is 2. The van der Waals surface area contributed by atoms with Crippen LogP contribution in [0.25, 0.3) is 0 Å². The van der Waals surface area contributed by atoms with Crippen LogP contribution in [0.2, 0.25) is 0 Å². The highest BCUT2D eigenvalue weighted by molar-refractivity contribution is 8.77. The molecule has 2 aromatic carbocycles. The van der Waals surface area contributed by atoms with Crippen molar-refractivity contribution in [1.29, 1.82) is 0 Å². The molecule has 1 aromatic heterocycles. The summed E-state index contributed by atoms with van der Waals surface area (Å²) in [4.78, 5) is 58.5. The van der Waals surface area contributed by atoms with E-state index >= 15 is 0 Å². The summed E-state index contributed by atoms with van der Waals surface area (Å²) in [5.41, 5.74) is 1.51. The van der Waals surface area contributed by atoms with Crippen LogP contribution in [0.5, 0.6) is 23.0 Å². The number of nitrogens with one attached hydrogen (secondary N) is 2. The molecule has 22 heteroatoms. The Balaban J connectivity index is 1.10. The third kappa shape index (κ3) is 14.4. The number of aliphatic hydroxyl groups excluding tert-OH is 3. The molecule has 71 heavy (non-hydrogen) atoms. The second kappa shape index (κ2) is 24.6. The lowest BCUT2D eigenvalue weighted by Crippen LogP contribution is -2.39. The van der Waals surface area contributed by atoms with Crippen LogP contribution in [0.3, 0.4) is 0 Å². The minimum absolute atomic E-state index is 0.0568. The summed E-state index contributed by atoms with van der Waals surface area (Å²) in [5, 5.41) is 48.8. The van der Waals surface area contributed by atoms with Gasteiger partial charge in [0.25, 0.3) is 11.6 Å². The first-order valence-corrected chi connectivity index (χ1v) is 25.4. The molecule has 386 valence electrons. The molecule has 0 radical (unpaired) electrons. The summed E-state index contributed by atoms with van der Waals surface area (Å²) in [5.74, 6) is 0.686. The number of anilines is 2. The van der Waals surface area contributed by atoms with Crippen LogP contribution in [0.1, 0.15) is 94.3 Å². The molecule has 3 heterocycles. The van der Waals surface area contributed by atoms with E-state index in [2.05, 4.69) is 28.8 Å². The Labute approximate surface area is 421 Å². The lowest BCUT2D eigenvalue weighted by atomic mass is 9.85. The quantitative estimate of drug-likeness (QED) is 0.0197. The van der Waals surface area contributed by atoms with Crippen LogP contribution in [-0.2, 0) is 9.47 Å². The number of amides is 3. The van der Waals surface area contributed by atoms with Crippen LogP contribution in [0.15, 0.2) is 71.9 Å². The third-order valence-electron chi connectivity index (χ3n) is 12.0. The average molecular weight is 1030 g/mol. The Morgan fingerprint density at radius 1 is 0.887 bits per heavy atom. The maximum Gasteiger partial charge on any atom is 0.412 e. The standard InChI is InChI=1S/C49H64N6O14S2/c1-30-18-33(27-56)53(25-30)44(58)35-20-39(64-6)41(22-37(35)51-46(60)68-29-49(14-11-15-49)71-70-43-13-12-32(24-50-43)55(62)63)66-16-9-8-10-17-67-42-23-38(52-47(61)69-48(3,4)5)36(21-40(42)65-7)45(59)54-26-31(2)19-34(54)28-57/h12-13,20-24,33-34,45,56-57,59H,1-2,8-11,14-19,25-29H2,3-7H3,(H,51,60)(H,52,61)/t33-,34-,45?/m0/s1. The van der Waals surface area contributed by atoms with Gasteiger partial charge in [-0.15, -0.1) is 0 Å². The molecule has 0 spiro atoms. The van der Waals surface area contributed by atoms with E-state index in [1.165, 1.54) is 65.1 Å². The summed E-state index contributed by atoms with van der Waals surface area (Å²) >= 11 is 0. The number of carbonyl (C=O) groups excluding carboxylic acids is 3. The molecule has 6 rings (SSSR count). The molecule has 1 saturated carbocycles. The Morgan fingerprint density at radius 3 is 2.08 bits per heavy atom. The Morgan fingerprint density at radius 2 is 1.51 bits per heavy atom. The summed E-state index contributed by atoms with van der Waals surface area (Å²) in [7, 11) is 5.74. The Kier molecular flexibility index (Phi) is 18.9. The van der Waals surface area contributed by atoms with Gasteiger partial charge in [0.05, 0.1) is 73.3 Å². The van der Waals surface area contributed by atoms with E-state index in [0.29, 0.717) is 60.7 Å². The minimum atomic E-state index is -1.23. The number of unbranched alkanes of at least 4 members (excludes halogenated alkanes) is 2. The predicted molar refractivity (Wildman–Crippen MR) is 269 cm³/mol. The van der Waals surface area contributed by atoms with E-state index in [1.54, 1.807) is 43.9 Å². The zero-order valence-corrected chi connectivity index (χ0v) is 42.4. The molecule has 3 fully saturated rings. The number of hydrogen-bond acceptors (Lipinski definition) is 18. The number of nitrogens with zero attached hydrogens (tertiary/aromatic N) is 4. The van der Waals surface area contributed by atoms with E-state index in [0.717, 1.165) is 30.4 Å². The van der Waals surface area contributed by atoms with Gasteiger partial charge in [0.1, 0.15) is 29.7 Å². The van der Waals surface area contributed by atoms with Gasteiger partial charge in [0.15, 0.2) is 23.0 Å². The van der Waals surface area contributed by atoms with Gasteiger partial charge in [0, 0.05) is 42.9 Å². The number of aliphatic hydroxyl groups is 3. The largest absolute Gasteiger partial charge is 0.493 e. The Hall–Kier alpha value is -5.78. The molecule has 3 aliphatic rings. The van der Waals surface area contributed by atoms with Crippen LogP contribution >= 0.6 is 21.6 Å². The number of nitro groups is 1. The van der Waals surface area contributed by atoms with Gasteiger partial charge in [-0.1, -0.05) is 41.5 Å². The van der Waals surface area contributed by atoms with E-state index in [4.69, 9.17) is 28.4 Å². The topological polar surface area (TPSA) is 254 Å². The molecule has 1 aliphatic carbocycles. The van der Waals surface area contributed by atoms with Gasteiger partial charge in [0.2, 0.25) is 0 Å². The molecule has 0 bridgehead atoms. The monoisotopic (exact) mass is 1020 g/mol. The maximum atomic E-state index is 14.1. The fourth-order valence-electron chi connectivity index (χ4n) is 8.24. The third-order valence-corrected chi connectivity index (χ3v) is 15.2. The second-order valence-electron chi connectivity index (χ2n) is 18.6.